The third-order valence-corrected chi connectivity index (χ3v) is 4.35. The van der Waals surface area contributed by atoms with Crippen LogP contribution < -0.4 is 16.2 Å². The molecule has 0 saturated heterocycles. The van der Waals surface area contributed by atoms with Crippen molar-refractivity contribution in [3.63, 3.8) is 0 Å². The second kappa shape index (κ2) is 7.37. The Morgan fingerprint density at radius 2 is 2.04 bits per heavy atom. The first kappa shape index (κ1) is 19.5. The summed E-state index contributed by atoms with van der Waals surface area (Å²) in [7, 11) is 1.59. The van der Waals surface area contributed by atoms with Crippen molar-refractivity contribution in [1.29, 1.82) is 0 Å². The first-order valence-electron chi connectivity index (χ1n) is 9.02. The highest BCUT2D eigenvalue weighted by Crippen LogP contribution is 2.27. The first-order chi connectivity index (χ1) is 13.2. The Kier molecular flexibility index (Phi) is 5.12. The molecule has 2 aromatic heterocycles. The van der Waals surface area contributed by atoms with Crippen molar-refractivity contribution in [2.45, 2.75) is 39.3 Å². The van der Waals surface area contributed by atoms with Crippen LogP contribution in [0.4, 0.5) is 5.82 Å². The summed E-state index contributed by atoms with van der Waals surface area (Å²) in [5, 5.41) is 29.4. The van der Waals surface area contributed by atoms with Gasteiger partial charge < -0.3 is 20.8 Å². The van der Waals surface area contributed by atoms with Gasteiger partial charge in [-0.1, -0.05) is 13.8 Å². The van der Waals surface area contributed by atoms with Gasteiger partial charge in [0, 0.05) is 25.7 Å². The summed E-state index contributed by atoms with van der Waals surface area (Å²) in [6, 6.07) is 0.0140. The number of hydrogen-bond donors (Lipinski definition) is 4. The van der Waals surface area contributed by atoms with Crippen LogP contribution in [0.1, 0.15) is 42.6 Å². The maximum atomic E-state index is 13.1. The molecule has 4 N–H and O–H groups in total. The molecule has 150 valence electrons. The lowest BCUT2D eigenvalue weighted by atomic mass is 10.2. The van der Waals surface area contributed by atoms with Crippen LogP contribution in [0.15, 0.2) is 10.9 Å². The molecule has 0 bridgehead atoms. The van der Waals surface area contributed by atoms with E-state index in [1.54, 1.807) is 7.05 Å². The Hall–Kier alpha value is -3.30. The number of hydrogen-bond acceptors (Lipinski definition) is 6. The van der Waals surface area contributed by atoms with Gasteiger partial charge in [0.25, 0.3) is 11.5 Å². The zero-order valence-electron chi connectivity index (χ0n) is 15.9. The van der Waals surface area contributed by atoms with E-state index < -0.39 is 23.3 Å². The molecule has 0 aliphatic heterocycles. The second-order valence-corrected chi connectivity index (χ2v) is 7.18. The number of carboxylic acids is 1. The van der Waals surface area contributed by atoms with Crippen LogP contribution in [-0.2, 0) is 11.3 Å². The van der Waals surface area contributed by atoms with Gasteiger partial charge in [-0.3, -0.25) is 14.2 Å². The Morgan fingerprint density at radius 1 is 1.36 bits per heavy atom. The number of aromatic hydroxyl groups is 1. The SMILES string of the molecule is CNc1nn2c(O)c(C(=O)NC3CC3)c(=O)n(CC(C)C)c2c1/C=C/C(=O)O. The van der Waals surface area contributed by atoms with Crippen molar-refractivity contribution in [2.75, 3.05) is 12.4 Å². The zero-order valence-corrected chi connectivity index (χ0v) is 15.9. The van der Waals surface area contributed by atoms with Crippen LogP contribution in [0.5, 0.6) is 5.88 Å². The van der Waals surface area contributed by atoms with Crippen molar-refractivity contribution >= 4 is 29.4 Å². The van der Waals surface area contributed by atoms with Gasteiger partial charge >= 0.3 is 5.97 Å². The monoisotopic (exact) mass is 389 g/mol. The van der Waals surface area contributed by atoms with Gasteiger partial charge in [0.05, 0.1) is 5.56 Å². The number of carbonyl (C=O) groups excluding carboxylic acids is 1. The Labute approximate surface area is 160 Å². The minimum atomic E-state index is -1.16. The lowest BCUT2D eigenvalue weighted by Gasteiger charge is -2.15. The fraction of sp³-hybridized carbons (Fsp3) is 0.444. The van der Waals surface area contributed by atoms with E-state index in [-0.39, 0.29) is 35.5 Å². The molecule has 2 heterocycles. The Morgan fingerprint density at radius 3 is 2.57 bits per heavy atom. The number of rotatable bonds is 7. The van der Waals surface area contributed by atoms with Crippen LogP contribution in [0.2, 0.25) is 0 Å². The second-order valence-electron chi connectivity index (χ2n) is 7.18. The fourth-order valence-corrected chi connectivity index (χ4v) is 2.97. The van der Waals surface area contributed by atoms with E-state index in [0.29, 0.717) is 5.56 Å². The summed E-state index contributed by atoms with van der Waals surface area (Å²) in [4.78, 5) is 36.6. The number of carbonyl (C=O) groups is 2. The number of anilines is 1. The zero-order chi connectivity index (χ0) is 20.6. The number of carboxylic acid groups (broad SMARTS) is 1. The molecule has 10 heteroatoms. The van der Waals surface area contributed by atoms with Crippen LogP contribution >= 0.6 is 0 Å². The lowest BCUT2D eigenvalue weighted by molar-refractivity contribution is -0.131. The van der Waals surface area contributed by atoms with Gasteiger partial charge in [-0.05, 0) is 24.8 Å². The van der Waals surface area contributed by atoms with Crippen molar-refractivity contribution in [3.8, 4) is 5.88 Å². The molecule has 1 fully saturated rings. The van der Waals surface area contributed by atoms with Crippen LogP contribution in [0.3, 0.4) is 0 Å². The van der Waals surface area contributed by atoms with Crippen molar-refractivity contribution in [1.82, 2.24) is 19.5 Å². The number of aliphatic carboxylic acids is 1. The lowest BCUT2D eigenvalue weighted by Crippen LogP contribution is -2.36. The highest BCUT2D eigenvalue weighted by Gasteiger charge is 2.30. The first-order valence-corrected chi connectivity index (χ1v) is 9.02. The highest BCUT2D eigenvalue weighted by molar-refractivity contribution is 5.97. The van der Waals surface area contributed by atoms with Gasteiger partial charge in [-0.25, -0.2) is 4.79 Å². The van der Waals surface area contributed by atoms with Gasteiger partial charge in [-0.15, -0.1) is 5.10 Å². The van der Waals surface area contributed by atoms with Crippen LogP contribution in [0, 0.1) is 5.92 Å². The summed E-state index contributed by atoms with van der Waals surface area (Å²) >= 11 is 0. The maximum Gasteiger partial charge on any atom is 0.328 e. The molecule has 10 nitrogen and oxygen atoms in total. The molecule has 0 atom stereocenters. The van der Waals surface area contributed by atoms with Gasteiger partial charge in [0.2, 0.25) is 5.88 Å². The molecule has 3 rings (SSSR count). The third kappa shape index (κ3) is 3.57. The summed E-state index contributed by atoms with van der Waals surface area (Å²) in [6.45, 7) is 4.07. The normalized spacial score (nSPS) is 14.1. The summed E-state index contributed by atoms with van der Waals surface area (Å²) in [6.07, 6.45) is 3.90. The Bertz CT molecular complexity index is 1030. The van der Waals surface area contributed by atoms with Crippen molar-refractivity contribution in [2.24, 2.45) is 5.92 Å². The minimum Gasteiger partial charge on any atom is -0.492 e. The molecule has 1 amide bonds. The standard InChI is InChI=1S/C18H23N5O5/c1-9(2)8-22-16-11(6-7-12(24)25)14(19-3)21-23(16)18(28)13(17(22)27)15(26)20-10-4-5-10/h6-7,9-10,28H,4-5,8H2,1-3H3,(H,19,21)(H,20,26)(H,24,25)/b7-6+. The van der Waals surface area contributed by atoms with E-state index in [0.717, 1.165) is 23.4 Å². The molecule has 1 saturated carbocycles. The number of aromatic nitrogens is 3. The number of nitrogens with zero attached hydrogens (tertiary/aromatic N) is 3. The molecule has 2 aromatic rings. The predicted molar refractivity (Wildman–Crippen MR) is 103 cm³/mol. The number of fused-ring (bicyclic) bond motifs is 1. The van der Waals surface area contributed by atoms with E-state index in [1.165, 1.54) is 10.6 Å². The number of amides is 1. The minimum absolute atomic E-state index is 0.0140. The van der Waals surface area contributed by atoms with Gasteiger partial charge in [-0.2, -0.15) is 4.52 Å². The van der Waals surface area contributed by atoms with E-state index in [4.69, 9.17) is 5.11 Å². The van der Waals surface area contributed by atoms with E-state index in [9.17, 15) is 19.5 Å². The third-order valence-electron chi connectivity index (χ3n) is 4.35. The largest absolute Gasteiger partial charge is 0.492 e. The van der Waals surface area contributed by atoms with Crippen molar-refractivity contribution in [3.05, 3.63) is 27.6 Å². The molecule has 0 unspecified atom stereocenters. The average Bonchev–Trinajstić information content (AvgIpc) is 3.34. The molecule has 0 spiro atoms. The fourth-order valence-electron chi connectivity index (χ4n) is 2.97. The van der Waals surface area contributed by atoms with E-state index in [1.807, 2.05) is 13.8 Å². The molecule has 28 heavy (non-hydrogen) atoms. The summed E-state index contributed by atoms with van der Waals surface area (Å²) in [5.41, 5.74) is -0.489. The summed E-state index contributed by atoms with van der Waals surface area (Å²) in [5.74, 6) is -2.07. The van der Waals surface area contributed by atoms with Crippen molar-refractivity contribution < 1.29 is 19.8 Å². The maximum absolute atomic E-state index is 13.1. The Balaban J connectivity index is 2.32. The quantitative estimate of drug-likeness (QED) is 0.516. The highest BCUT2D eigenvalue weighted by atomic mass is 16.4. The predicted octanol–water partition coefficient (Wildman–Crippen LogP) is 0.889. The molecule has 0 aromatic carbocycles. The van der Waals surface area contributed by atoms with E-state index >= 15 is 0 Å². The topological polar surface area (TPSA) is 138 Å². The average molecular weight is 389 g/mol. The molecule has 0 radical (unpaired) electrons. The number of nitrogens with one attached hydrogen (secondary N) is 2. The molecule has 1 aliphatic carbocycles. The van der Waals surface area contributed by atoms with Gasteiger partial charge in [0.1, 0.15) is 0 Å². The molecular weight excluding hydrogens is 366 g/mol. The summed E-state index contributed by atoms with van der Waals surface area (Å²) < 4.78 is 2.44. The molecule has 1 aliphatic rings. The van der Waals surface area contributed by atoms with Gasteiger partial charge in [0.15, 0.2) is 17.0 Å². The smallest absolute Gasteiger partial charge is 0.328 e. The molecular formula is C18H23N5O5. The van der Waals surface area contributed by atoms with Crippen LogP contribution in [-0.4, -0.2) is 49.4 Å². The van der Waals surface area contributed by atoms with Crippen LogP contribution in [0.25, 0.3) is 11.7 Å². The van der Waals surface area contributed by atoms with E-state index in [2.05, 4.69) is 15.7 Å².